The second-order valence-corrected chi connectivity index (χ2v) is 2.79. The first-order valence-electron chi connectivity index (χ1n) is 4.27. The molecule has 0 aliphatic carbocycles. The van der Waals surface area contributed by atoms with E-state index in [1.165, 1.54) is 0 Å². The lowest BCUT2D eigenvalue weighted by Crippen LogP contribution is -2.41. The fraction of sp³-hybridized carbons (Fsp3) is 0.875. The van der Waals surface area contributed by atoms with Gasteiger partial charge in [-0.1, -0.05) is 0 Å². The number of nitrogens with zero attached hydrogens (tertiary/aromatic N) is 1. The SMILES string of the molecule is CCNC(=S)N(CC)CCOC. The Labute approximate surface area is 80.1 Å². The second kappa shape index (κ2) is 7.31. The molecule has 0 saturated heterocycles. The minimum absolute atomic E-state index is 0.722. The van der Waals surface area contributed by atoms with Gasteiger partial charge in [-0.15, -0.1) is 0 Å². The van der Waals surface area contributed by atoms with Crippen molar-refractivity contribution in [2.45, 2.75) is 13.8 Å². The summed E-state index contributed by atoms with van der Waals surface area (Å²) in [5, 5.41) is 3.92. The van der Waals surface area contributed by atoms with E-state index in [9.17, 15) is 0 Å². The van der Waals surface area contributed by atoms with Crippen LogP contribution in [-0.4, -0.2) is 43.4 Å². The molecule has 0 rings (SSSR count). The third kappa shape index (κ3) is 4.51. The van der Waals surface area contributed by atoms with Crippen LogP contribution >= 0.6 is 12.2 Å². The molecule has 0 fully saturated rings. The third-order valence-corrected chi connectivity index (χ3v) is 1.96. The van der Waals surface area contributed by atoms with Gasteiger partial charge in [0.15, 0.2) is 5.11 Å². The maximum absolute atomic E-state index is 5.15. The van der Waals surface area contributed by atoms with Gasteiger partial charge in [-0.2, -0.15) is 0 Å². The Balaban J connectivity index is 3.71. The molecular weight excluding hydrogens is 172 g/mol. The van der Waals surface area contributed by atoms with Crippen molar-refractivity contribution in [3.05, 3.63) is 0 Å². The van der Waals surface area contributed by atoms with Crippen LogP contribution in [-0.2, 0) is 4.74 Å². The van der Waals surface area contributed by atoms with Crippen molar-refractivity contribution >= 4 is 17.3 Å². The maximum atomic E-state index is 5.15. The summed E-state index contributed by atoms with van der Waals surface area (Å²) in [6.45, 7) is 7.51. The van der Waals surface area contributed by atoms with Gasteiger partial charge in [-0.05, 0) is 26.1 Å². The van der Waals surface area contributed by atoms with Crippen molar-refractivity contribution in [3.8, 4) is 0 Å². The lowest BCUT2D eigenvalue weighted by atomic mass is 10.5. The van der Waals surface area contributed by atoms with Gasteiger partial charge in [0.2, 0.25) is 0 Å². The number of nitrogens with one attached hydrogen (secondary N) is 1. The molecule has 12 heavy (non-hydrogen) atoms. The van der Waals surface area contributed by atoms with Gasteiger partial charge in [0.1, 0.15) is 0 Å². The minimum atomic E-state index is 0.722. The van der Waals surface area contributed by atoms with Crippen LogP contribution in [0.25, 0.3) is 0 Å². The van der Waals surface area contributed by atoms with Gasteiger partial charge < -0.3 is 15.0 Å². The number of thiocarbonyl (C=S) groups is 1. The average Bonchev–Trinajstić information content (AvgIpc) is 2.06. The lowest BCUT2D eigenvalue weighted by molar-refractivity contribution is 0.177. The standard InChI is InChI=1S/C8H18N2OS/c1-4-9-8(12)10(5-2)6-7-11-3/h4-7H2,1-3H3,(H,9,12). The van der Waals surface area contributed by atoms with E-state index in [1.807, 2.05) is 6.92 Å². The molecule has 0 heterocycles. The number of hydrogen-bond donors (Lipinski definition) is 1. The van der Waals surface area contributed by atoms with E-state index >= 15 is 0 Å². The van der Waals surface area contributed by atoms with Gasteiger partial charge in [-0.3, -0.25) is 0 Å². The largest absolute Gasteiger partial charge is 0.383 e. The molecule has 3 nitrogen and oxygen atoms in total. The molecule has 0 aliphatic heterocycles. The van der Waals surface area contributed by atoms with Crippen LogP contribution < -0.4 is 5.32 Å². The zero-order chi connectivity index (χ0) is 9.40. The smallest absolute Gasteiger partial charge is 0.168 e. The summed E-state index contributed by atoms with van der Waals surface area (Å²) < 4.78 is 4.97. The fourth-order valence-corrected chi connectivity index (χ4v) is 1.23. The zero-order valence-corrected chi connectivity index (χ0v) is 8.91. The Morgan fingerprint density at radius 2 is 2.17 bits per heavy atom. The van der Waals surface area contributed by atoms with E-state index in [0.717, 1.165) is 31.4 Å². The molecular formula is C8H18N2OS. The summed E-state index contributed by atoms with van der Waals surface area (Å²) in [4.78, 5) is 2.09. The predicted octanol–water partition coefficient (Wildman–Crippen LogP) is 0.849. The highest BCUT2D eigenvalue weighted by Crippen LogP contribution is 1.89. The maximum Gasteiger partial charge on any atom is 0.168 e. The Bertz CT molecular complexity index is 130. The average molecular weight is 190 g/mol. The molecule has 0 unspecified atom stereocenters. The Morgan fingerprint density at radius 3 is 2.58 bits per heavy atom. The van der Waals surface area contributed by atoms with Crippen LogP contribution in [0, 0.1) is 0 Å². The highest BCUT2D eigenvalue weighted by Gasteiger charge is 2.04. The lowest BCUT2D eigenvalue weighted by Gasteiger charge is -2.23. The third-order valence-electron chi connectivity index (χ3n) is 1.56. The van der Waals surface area contributed by atoms with Crippen LogP contribution in [0.1, 0.15) is 13.8 Å². The molecule has 0 bridgehead atoms. The molecule has 0 spiro atoms. The van der Waals surface area contributed by atoms with Gasteiger partial charge in [0, 0.05) is 26.7 Å². The molecule has 72 valence electrons. The zero-order valence-electron chi connectivity index (χ0n) is 8.09. The van der Waals surface area contributed by atoms with Crippen molar-refractivity contribution < 1.29 is 4.74 Å². The van der Waals surface area contributed by atoms with Crippen LogP contribution in [0.15, 0.2) is 0 Å². The van der Waals surface area contributed by atoms with Gasteiger partial charge in [0.25, 0.3) is 0 Å². The quantitative estimate of drug-likeness (QED) is 0.650. The Morgan fingerprint density at radius 1 is 1.50 bits per heavy atom. The Kier molecular flexibility index (Phi) is 7.09. The number of hydrogen-bond acceptors (Lipinski definition) is 2. The minimum Gasteiger partial charge on any atom is -0.383 e. The van der Waals surface area contributed by atoms with Gasteiger partial charge >= 0.3 is 0 Å². The number of likely N-dealkylation sites (N-methyl/N-ethyl adjacent to an activating group) is 1. The van der Waals surface area contributed by atoms with Crippen molar-refractivity contribution in [1.82, 2.24) is 10.2 Å². The molecule has 4 heteroatoms. The molecule has 0 aromatic heterocycles. The molecule has 0 aliphatic rings. The van der Waals surface area contributed by atoms with Crippen LogP contribution in [0.3, 0.4) is 0 Å². The number of rotatable bonds is 5. The summed E-state index contributed by atoms with van der Waals surface area (Å²) in [5.41, 5.74) is 0. The highest BCUT2D eigenvalue weighted by atomic mass is 32.1. The fourth-order valence-electron chi connectivity index (χ4n) is 0.868. The van der Waals surface area contributed by atoms with E-state index in [2.05, 4.69) is 17.1 Å². The van der Waals surface area contributed by atoms with Crippen molar-refractivity contribution in [3.63, 3.8) is 0 Å². The molecule has 0 atom stereocenters. The van der Waals surface area contributed by atoms with Gasteiger partial charge in [-0.25, -0.2) is 0 Å². The van der Waals surface area contributed by atoms with E-state index in [0.29, 0.717) is 0 Å². The number of ether oxygens (including phenoxy) is 1. The first kappa shape index (κ1) is 11.6. The molecule has 0 radical (unpaired) electrons. The van der Waals surface area contributed by atoms with Crippen molar-refractivity contribution in [2.24, 2.45) is 0 Å². The summed E-state index contributed by atoms with van der Waals surface area (Å²) in [6.07, 6.45) is 0. The summed E-state index contributed by atoms with van der Waals surface area (Å²) in [5.74, 6) is 0. The summed E-state index contributed by atoms with van der Waals surface area (Å²) >= 11 is 5.15. The molecule has 0 aromatic carbocycles. The van der Waals surface area contributed by atoms with Crippen molar-refractivity contribution in [2.75, 3.05) is 33.4 Å². The van der Waals surface area contributed by atoms with E-state index in [1.54, 1.807) is 7.11 Å². The monoisotopic (exact) mass is 190 g/mol. The first-order chi connectivity index (χ1) is 5.76. The summed E-state index contributed by atoms with van der Waals surface area (Å²) in [6, 6.07) is 0. The Hall–Kier alpha value is -0.350. The van der Waals surface area contributed by atoms with Crippen molar-refractivity contribution in [1.29, 1.82) is 0 Å². The number of methoxy groups -OCH3 is 1. The van der Waals surface area contributed by atoms with E-state index in [4.69, 9.17) is 17.0 Å². The highest BCUT2D eigenvalue weighted by molar-refractivity contribution is 7.80. The first-order valence-corrected chi connectivity index (χ1v) is 4.68. The predicted molar refractivity (Wildman–Crippen MR) is 55.4 cm³/mol. The topological polar surface area (TPSA) is 24.5 Å². The molecule has 0 aromatic rings. The second-order valence-electron chi connectivity index (χ2n) is 2.41. The van der Waals surface area contributed by atoms with E-state index < -0.39 is 0 Å². The molecule has 1 N–H and O–H groups in total. The molecule has 0 saturated carbocycles. The van der Waals surface area contributed by atoms with E-state index in [-0.39, 0.29) is 0 Å². The van der Waals surface area contributed by atoms with Crippen LogP contribution in [0.2, 0.25) is 0 Å². The normalized spacial score (nSPS) is 9.58. The van der Waals surface area contributed by atoms with Crippen LogP contribution in [0.4, 0.5) is 0 Å². The summed E-state index contributed by atoms with van der Waals surface area (Å²) in [7, 11) is 1.70. The molecule has 0 amide bonds. The van der Waals surface area contributed by atoms with Crippen LogP contribution in [0.5, 0.6) is 0 Å². The van der Waals surface area contributed by atoms with Gasteiger partial charge in [0.05, 0.1) is 6.61 Å².